The van der Waals surface area contributed by atoms with Gasteiger partial charge in [-0.1, -0.05) is 60.4 Å². The van der Waals surface area contributed by atoms with Crippen molar-refractivity contribution in [1.29, 1.82) is 0 Å². The number of hydrogen-bond donors (Lipinski definition) is 0. The van der Waals surface area contributed by atoms with Gasteiger partial charge in [0.25, 0.3) is 0 Å². The molecule has 0 aromatic heterocycles. The molecule has 0 aliphatic rings. The Kier molecular flexibility index (Phi) is 8.13. The summed E-state index contributed by atoms with van der Waals surface area (Å²) in [6.07, 6.45) is 3.95. The quantitative estimate of drug-likeness (QED) is 0.636. The maximum absolute atomic E-state index is 5.91. The van der Waals surface area contributed by atoms with Crippen molar-refractivity contribution >= 4 is 0 Å². The first-order chi connectivity index (χ1) is 13.0. The number of ether oxygens (including phenoxy) is 2. The number of allylic oxidation sites excluding steroid dienone is 1. The molecule has 0 saturated carbocycles. The predicted molar refractivity (Wildman–Crippen MR) is 112 cm³/mol. The van der Waals surface area contributed by atoms with Gasteiger partial charge in [-0.25, -0.2) is 0 Å². The minimum absolute atomic E-state index is 0.406. The first kappa shape index (κ1) is 20.8. The fourth-order valence-corrected chi connectivity index (χ4v) is 2.41. The normalized spacial score (nSPS) is 11.4. The van der Waals surface area contributed by atoms with Crippen molar-refractivity contribution in [2.45, 2.75) is 32.6 Å². The highest BCUT2D eigenvalue weighted by molar-refractivity contribution is 5.29. The lowest BCUT2D eigenvalue weighted by molar-refractivity contribution is 0.0742. The summed E-state index contributed by atoms with van der Waals surface area (Å²) in [6, 6.07) is 18.5. The Bertz CT molecular complexity index is 785. The molecule has 2 aromatic carbocycles. The highest BCUT2D eigenvalue weighted by Crippen LogP contribution is 2.16. The molecule has 3 nitrogen and oxygen atoms in total. The molecule has 2 rings (SSSR count). The zero-order chi connectivity index (χ0) is 19.5. The van der Waals surface area contributed by atoms with Crippen molar-refractivity contribution in [3.8, 4) is 17.6 Å². The largest absolute Gasteiger partial charge is 0.489 e. The van der Waals surface area contributed by atoms with Gasteiger partial charge in [-0.3, -0.25) is 4.90 Å². The SMILES string of the molecule is COC(C)(C)C#CC=CCN(C)Cc1cccc(OCc2ccccc2)c1. The van der Waals surface area contributed by atoms with E-state index in [2.05, 4.69) is 54.1 Å². The van der Waals surface area contributed by atoms with E-state index < -0.39 is 5.60 Å². The first-order valence-corrected chi connectivity index (χ1v) is 9.15. The molecule has 0 atom stereocenters. The maximum atomic E-state index is 5.91. The van der Waals surface area contributed by atoms with Crippen LogP contribution in [0.5, 0.6) is 5.75 Å². The zero-order valence-corrected chi connectivity index (χ0v) is 16.7. The van der Waals surface area contributed by atoms with Crippen LogP contribution in [-0.4, -0.2) is 31.2 Å². The van der Waals surface area contributed by atoms with Crippen LogP contribution in [0.1, 0.15) is 25.0 Å². The van der Waals surface area contributed by atoms with Gasteiger partial charge in [0.1, 0.15) is 18.0 Å². The molecule has 0 fully saturated rings. The standard InChI is InChI=1S/C24H29NO2/c1-24(2,26-4)16-9-6-10-17-25(3)19-22-14-11-15-23(18-22)27-20-21-12-7-5-8-13-21/h5-8,10-15,18H,17,19-20H2,1-4H3. The van der Waals surface area contributed by atoms with Crippen molar-refractivity contribution in [1.82, 2.24) is 4.90 Å². The van der Waals surface area contributed by atoms with E-state index in [1.165, 1.54) is 11.1 Å². The van der Waals surface area contributed by atoms with Crippen LogP contribution in [0.2, 0.25) is 0 Å². The van der Waals surface area contributed by atoms with Crippen LogP contribution in [-0.2, 0) is 17.9 Å². The van der Waals surface area contributed by atoms with E-state index in [-0.39, 0.29) is 0 Å². The van der Waals surface area contributed by atoms with E-state index in [4.69, 9.17) is 9.47 Å². The molecule has 0 amide bonds. The second-order valence-electron chi connectivity index (χ2n) is 7.00. The average Bonchev–Trinajstić information content (AvgIpc) is 2.67. The van der Waals surface area contributed by atoms with Crippen LogP contribution < -0.4 is 4.74 Å². The molecule has 0 N–H and O–H groups in total. The van der Waals surface area contributed by atoms with Gasteiger partial charge in [0.2, 0.25) is 0 Å². The van der Waals surface area contributed by atoms with Crippen LogP contribution in [0, 0.1) is 11.8 Å². The summed E-state index contributed by atoms with van der Waals surface area (Å²) in [5.41, 5.74) is 1.99. The summed E-state index contributed by atoms with van der Waals surface area (Å²) in [5.74, 6) is 7.00. The van der Waals surface area contributed by atoms with Gasteiger partial charge in [0.15, 0.2) is 0 Å². The van der Waals surface area contributed by atoms with Gasteiger partial charge >= 0.3 is 0 Å². The Labute approximate surface area is 163 Å². The van der Waals surface area contributed by atoms with Gasteiger partial charge in [-0.05, 0) is 50.2 Å². The molecular formula is C24H29NO2. The third-order valence-corrected chi connectivity index (χ3v) is 4.10. The van der Waals surface area contributed by atoms with Crippen molar-refractivity contribution < 1.29 is 9.47 Å². The smallest absolute Gasteiger partial charge is 0.123 e. The van der Waals surface area contributed by atoms with E-state index in [0.717, 1.165) is 18.8 Å². The average molecular weight is 364 g/mol. The van der Waals surface area contributed by atoms with Crippen molar-refractivity contribution in [3.05, 3.63) is 77.9 Å². The third-order valence-electron chi connectivity index (χ3n) is 4.10. The minimum Gasteiger partial charge on any atom is -0.489 e. The zero-order valence-electron chi connectivity index (χ0n) is 16.7. The van der Waals surface area contributed by atoms with E-state index in [1.807, 2.05) is 50.3 Å². The van der Waals surface area contributed by atoms with Crippen molar-refractivity contribution in [3.63, 3.8) is 0 Å². The molecule has 0 aliphatic heterocycles. The van der Waals surface area contributed by atoms with E-state index in [1.54, 1.807) is 7.11 Å². The lowest BCUT2D eigenvalue weighted by Crippen LogP contribution is -2.19. The molecule has 0 radical (unpaired) electrons. The molecule has 0 heterocycles. The van der Waals surface area contributed by atoms with Crippen LogP contribution in [0.15, 0.2) is 66.7 Å². The molecule has 0 spiro atoms. The second-order valence-corrected chi connectivity index (χ2v) is 7.00. The van der Waals surface area contributed by atoms with Gasteiger partial charge in [-0.15, -0.1) is 0 Å². The lowest BCUT2D eigenvalue weighted by Gasteiger charge is -2.15. The number of benzene rings is 2. The van der Waals surface area contributed by atoms with E-state index >= 15 is 0 Å². The summed E-state index contributed by atoms with van der Waals surface area (Å²) in [6.45, 7) is 6.17. The summed E-state index contributed by atoms with van der Waals surface area (Å²) < 4.78 is 11.2. The molecule has 0 bridgehead atoms. The Morgan fingerprint density at radius 1 is 1.04 bits per heavy atom. The lowest BCUT2D eigenvalue weighted by atomic mass is 10.1. The summed E-state index contributed by atoms with van der Waals surface area (Å²) in [7, 11) is 3.76. The Hall–Kier alpha value is -2.54. The molecule has 3 heteroatoms. The Morgan fingerprint density at radius 3 is 2.52 bits per heavy atom. The fraction of sp³-hybridized carbons (Fsp3) is 0.333. The Balaban J connectivity index is 1.82. The highest BCUT2D eigenvalue weighted by Gasteiger charge is 2.10. The number of nitrogens with zero attached hydrogens (tertiary/aromatic N) is 1. The molecular weight excluding hydrogens is 334 g/mol. The van der Waals surface area contributed by atoms with Crippen LogP contribution in [0.3, 0.4) is 0 Å². The number of likely N-dealkylation sites (N-methyl/N-ethyl adjacent to an activating group) is 1. The fourth-order valence-electron chi connectivity index (χ4n) is 2.41. The van der Waals surface area contributed by atoms with Gasteiger partial charge in [-0.2, -0.15) is 0 Å². The number of hydrogen-bond acceptors (Lipinski definition) is 3. The molecule has 0 saturated heterocycles. The molecule has 0 aliphatic carbocycles. The van der Waals surface area contributed by atoms with Crippen LogP contribution in [0.25, 0.3) is 0 Å². The minimum atomic E-state index is -0.406. The van der Waals surface area contributed by atoms with Crippen molar-refractivity contribution in [2.24, 2.45) is 0 Å². The van der Waals surface area contributed by atoms with Crippen molar-refractivity contribution in [2.75, 3.05) is 20.7 Å². The van der Waals surface area contributed by atoms with Gasteiger partial charge < -0.3 is 9.47 Å². The van der Waals surface area contributed by atoms with Crippen LogP contribution in [0.4, 0.5) is 0 Å². The van der Waals surface area contributed by atoms with Gasteiger partial charge in [0, 0.05) is 20.2 Å². The highest BCUT2D eigenvalue weighted by atomic mass is 16.5. The summed E-state index contributed by atoms with van der Waals surface area (Å²) >= 11 is 0. The molecule has 0 unspecified atom stereocenters. The van der Waals surface area contributed by atoms with Crippen LogP contribution >= 0.6 is 0 Å². The van der Waals surface area contributed by atoms with E-state index in [0.29, 0.717) is 6.61 Å². The Morgan fingerprint density at radius 2 is 1.78 bits per heavy atom. The molecule has 2 aromatic rings. The maximum Gasteiger partial charge on any atom is 0.123 e. The van der Waals surface area contributed by atoms with Gasteiger partial charge in [0.05, 0.1) is 0 Å². The predicted octanol–water partition coefficient (Wildman–Crippen LogP) is 4.68. The molecule has 27 heavy (non-hydrogen) atoms. The summed E-state index contributed by atoms with van der Waals surface area (Å²) in [4.78, 5) is 2.23. The molecule has 142 valence electrons. The number of methoxy groups -OCH3 is 1. The number of rotatable bonds is 8. The monoisotopic (exact) mass is 363 g/mol. The van der Waals surface area contributed by atoms with E-state index in [9.17, 15) is 0 Å². The summed E-state index contributed by atoms with van der Waals surface area (Å²) in [5, 5.41) is 0. The third kappa shape index (κ3) is 8.13. The first-order valence-electron chi connectivity index (χ1n) is 9.15. The topological polar surface area (TPSA) is 21.7 Å². The second kappa shape index (κ2) is 10.6.